The SMILES string of the molecule is COCCC(CN)NC(=O)c1cc(C)oc1C. The van der Waals surface area contributed by atoms with Gasteiger partial charge in [0.1, 0.15) is 11.5 Å². The fourth-order valence-corrected chi connectivity index (χ4v) is 1.63. The van der Waals surface area contributed by atoms with E-state index in [1.165, 1.54) is 0 Å². The Morgan fingerprint density at radius 3 is 2.76 bits per heavy atom. The molecule has 1 amide bonds. The van der Waals surface area contributed by atoms with Gasteiger partial charge in [0.05, 0.1) is 5.56 Å². The zero-order valence-corrected chi connectivity index (χ0v) is 10.6. The van der Waals surface area contributed by atoms with E-state index >= 15 is 0 Å². The monoisotopic (exact) mass is 240 g/mol. The second kappa shape index (κ2) is 6.42. The van der Waals surface area contributed by atoms with Gasteiger partial charge in [-0.15, -0.1) is 0 Å². The van der Waals surface area contributed by atoms with Crippen molar-refractivity contribution in [1.29, 1.82) is 0 Å². The average Bonchev–Trinajstić information content (AvgIpc) is 2.63. The smallest absolute Gasteiger partial charge is 0.255 e. The summed E-state index contributed by atoms with van der Waals surface area (Å²) >= 11 is 0. The zero-order chi connectivity index (χ0) is 12.8. The lowest BCUT2D eigenvalue weighted by atomic mass is 10.1. The van der Waals surface area contributed by atoms with E-state index in [-0.39, 0.29) is 11.9 Å². The van der Waals surface area contributed by atoms with Gasteiger partial charge in [-0.2, -0.15) is 0 Å². The van der Waals surface area contributed by atoms with Crippen molar-refractivity contribution in [3.8, 4) is 0 Å². The number of carbonyl (C=O) groups is 1. The van der Waals surface area contributed by atoms with Crippen LogP contribution in [-0.4, -0.2) is 32.2 Å². The molecule has 0 bridgehead atoms. The minimum absolute atomic E-state index is 0.0722. The quantitative estimate of drug-likeness (QED) is 0.777. The van der Waals surface area contributed by atoms with Gasteiger partial charge >= 0.3 is 0 Å². The summed E-state index contributed by atoms with van der Waals surface area (Å²) in [4.78, 5) is 11.9. The second-order valence-electron chi connectivity index (χ2n) is 4.01. The molecule has 1 rings (SSSR count). The van der Waals surface area contributed by atoms with Gasteiger partial charge in [0.25, 0.3) is 5.91 Å². The number of hydrogen-bond acceptors (Lipinski definition) is 4. The average molecular weight is 240 g/mol. The van der Waals surface area contributed by atoms with Crippen LogP contribution in [0.15, 0.2) is 10.5 Å². The summed E-state index contributed by atoms with van der Waals surface area (Å²) in [6.07, 6.45) is 0.703. The molecule has 1 atom stereocenters. The lowest BCUT2D eigenvalue weighted by molar-refractivity contribution is 0.0925. The Labute approximate surface area is 101 Å². The number of methoxy groups -OCH3 is 1. The molecule has 0 fully saturated rings. The van der Waals surface area contributed by atoms with Crippen LogP contribution in [-0.2, 0) is 4.74 Å². The first-order valence-corrected chi connectivity index (χ1v) is 5.65. The maximum Gasteiger partial charge on any atom is 0.255 e. The predicted molar refractivity (Wildman–Crippen MR) is 65.0 cm³/mol. The van der Waals surface area contributed by atoms with Crippen LogP contribution < -0.4 is 11.1 Å². The van der Waals surface area contributed by atoms with E-state index in [9.17, 15) is 4.79 Å². The molecule has 96 valence electrons. The summed E-state index contributed by atoms with van der Waals surface area (Å²) in [5.74, 6) is 1.21. The summed E-state index contributed by atoms with van der Waals surface area (Å²) in [5.41, 5.74) is 6.16. The molecule has 1 aromatic rings. The Balaban J connectivity index is 2.61. The van der Waals surface area contributed by atoms with Gasteiger partial charge in [-0.25, -0.2) is 0 Å². The van der Waals surface area contributed by atoms with Crippen LogP contribution in [0.5, 0.6) is 0 Å². The second-order valence-corrected chi connectivity index (χ2v) is 4.01. The Morgan fingerprint density at radius 2 is 2.29 bits per heavy atom. The molecule has 5 nitrogen and oxygen atoms in total. The van der Waals surface area contributed by atoms with Crippen molar-refractivity contribution < 1.29 is 13.9 Å². The zero-order valence-electron chi connectivity index (χ0n) is 10.6. The van der Waals surface area contributed by atoms with Gasteiger partial charge < -0.3 is 20.2 Å². The molecule has 1 aromatic heterocycles. The molecule has 17 heavy (non-hydrogen) atoms. The van der Waals surface area contributed by atoms with Gasteiger partial charge in [0, 0.05) is 26.3 Å². The van der Waals surface area contributed by atoms with Crippen molar-refractivity contribution in [1.82, 2.24) is 5.32 Å². The van der Waals surface area contributed by atoms with E-state index in [2.05, 4.69) is 5.32 Å². The Kier molecular flexibility index (Phi) is 5.18. The number of ether oxygens (including phenoxy) is 1. The number of hydrogen-bond donors (Lipinski definition) is 2. The Morgan fingerprint density at radius 1 is 1.59 bits per heavy atom. The normalized spacial score (nSPS) is 12.5. The molecule has 0 saturated carbocycles. The molecular formula is C12H20N2O3. The van der Waals surface area contributed by atoms with E-state index in [1.54, 1.807) is 20.1 Å². The molecule has 0 aromatic carbocycles. The van der Waals surface area contributed by atoms with Crippen molar-refractivity contribution in [2.75, 3.05) is 20.3 Å². The first-order chi connectivity index (χ1) is 8.08. The summed E-state index contributed by atoms with van der Waals surface area (Å²) < 4.78 is 10.3. The largest absolute Gasteiger partial charge is 0.466 e. The van der Waals surface area contributed by atoms with Gasteiger partial charge in [0.15, 0.2) is 0 Å². The van der Waals surface area contributed by atoms with Crippen molar-refractivity contribution in [2.24, 2.45) is 5.73 Å². The van der Waals surface area contributed by atoms with Crippen LogP contribution in [0.1, 0.15) is 28.3 Å². The summed E-state index contributed by atoms with van der Waals surface area (Å²) in [5, 5.41) is 2.87. The van der Waals surface area contributed by atoms with Crippen LogP contribution >= 0.6 is 0 Å². The number of amides is 1. The molecule has 0 spiro atoms. The van der Waals surface area contributed by atoms with Crippen LogP contribution in [0.4, 0.5) is 0 Å². The Hall–Kier alpha value is -1.33. The van der Waals surface area contributed by atoms with Crippen LogP contribution in [0.25, 0.3) is 0 Å². The standard InChI is InChI=1S/C12H20N2O3/c1-8-6-11(9(2)17-8)12(15)14-10(7-13)4-5-16-3/h6,10H,4-5,7,13H2,1-3H3,(H,14,15). The molecule has 0 aliphatic rings. The molecule has 0 radical (unpaired) electrons. The highest BCUT2D eigenvalue weighted by Crippen LogP contribution is 2.13. The molecule has 0 aliphatic heterocycles. The highest BCUT2D eigenvalue weighted by Gasteiger charge is 2.16. The highest BCUT2D eigenvalue weighted by molar-refractivity contribution is 5.95. The molecule has 1 unspecified atom stereocenters. The van der Waals surface area contributed by atoms with Crippen molar-refractivity contribution >= 4 is 5.91 Å². The van der Waals surface area contributed by atoms with Crippen molar-refractivity contribution in [3.05, 3.63) is 23.2 Å². The minimum Gasteiger partial charge on any atom is -0.466 e. The fraction of sp³-hybridized carbons (Fsp3) is 0.583. The van der Waals surface area contributed by atoms with E-state index in [0.29, 0.717) is 30.9 Å². The third-order valence-electron chi connectivity index (χ3n) is 2.58. The fourth-order valence-electron chi connectivity index (χ4n) is 1.63. The molecule has 5 heteroatoms. The molecule has 1 heterocycles. The number of carbonyl (C=O) groups excluding carboxylic acids is 1. The summed E-state index contributed by atoms with van der Waals surface area (Å²) in [6.45, 7) is 4.56. The van der Waals surface area contributed by atoms with Gasteiger partial charge in [0.2, 0.25) is 0 Å². The van der Waals surface area contributed by atoms with E-state index in [4.69, 9.17) is 14.9 Å². The van der Waals surface area contributed by atoms with E-state index in [1.807, 2.05) is 6.92 Å². The lowest BCUT2D eigenvalue weighted by Crippen LogP contribution is -2.41. The minimum atomic E-state index is -0.147. The van der Waals surface area contributed by atoms with Crippen molar-refractivity contribution in [3.63, 3.8) is 0 Å². The van der Waals surface area contributed by atoms with Crippen molar-refractivity contribution in [2.45, 2.75) is 26.3 Å². The first kappa shape index (κ1) is 13.7. The third kappa shape index (κ3) is 3.87. The van der Waals surface area contributed by atoms with Gasteiger partial charge in [-0.05, 0) is 26.3 Å². The molecular weight excluding hydrogens is 220 g/mol. The van der Waals surface area contributed by atoms with E-state index < -0.39 is 0 Å². The number of furan rings is 1. The van der Waals surface area contributed by atoms with E-state index in [0.717, 1.165) is 5.76 Å². The maximum absolute atomic E-state index is 11.9. The third-order valence-corrected chi connectivity index (χ3v) is 2.58. The highest BCUT2D eigenvalue weighted by atomic mass is 16.5. The number of aryl methyl sites for hydroxylation is 2. The van der Waals surface area contributed by atoms with Crippen LogP contribution in [0.3, 0.4) is 0 Å². The molecule has 0 saturated heterocycles. The topological polar surface area (TPSA) is 77.5 Å². The maximum atomic E-state index is 11.9. The Bertz CT molecular complexity index is 374. The van der Waals surface area contributed by atoms with Crippen LogP contribution in [0, 0.1) is 13.8 Å². The molecule has 0 aliphatic carbocycles. The van der Waals surface area contributed by atoms with Gasteiger partial charge in [-0.1, -0.05) is 0 Å². The predicted octanol–water partition coefficient (Wildman–Crippen LogP) is 0.990. The number of nitrogens with two attached hydrogens (primary N) is 1. The first-order valence-electron chi connectivity index (χ1n) is 5.65. The number of nitrogens with one attached hydrogen (secondary N) is 1. The molecule has 3 N–H and O–H groups in total. The summed E-state index contributed by atoms with van der Waals surface area (Å²) in [6, 6.07) is 1.66. The summed E-state index contributed by atoms with van der Waals surface area (Å²) in [7, 11) is 1.62. The lowest BCUT2D eigenvalue weighted by Gasteiger charge is -2.15. The number of rotatable bonds is 6. The van der Waals surface area contributed by atoms with Crippen LogP contribution in [0.2, 0.25) is 0 Å². The van der Waals surface area contributed by atoms with Gasteiger partial charge in [-0.3, -0.25) is 4.79 Å².